The molecule has 0 saturated carbocycles. The third kappa shape index (κ3) is 1.30. The Morgan fingerprint density at radius 2 is 2.08 bits per heavy atom. The van der Waals surface area contributed by atoms with E-state index in [2.05, 4.69) is 15.4 Å². The van der Waals surface area contributed by atoms with Crippen molar-refractivity contribution in [3.63, 3.8) is 0 Å². The molecule has 0 bridgehead atoms. The van der Waals surface area contributed by atoms with E-state index in [0.717, 1.165) is 12.8 Å². The Bertz CT molecular complexity index is 243. The van der Waals surface area contributed by atoms with Crippen molar-refractivity contribution in [1.82, 2.24) is 9.97 Å². The topological polar surface area (TPSA) is 66.7 Å². The van der Waals surface area contributed by atoms with Crippen molar-refractivity contribution in [3.8, 4) is 0 Å². The van der Waals surface area contributed by atoms with Crippen LogP contribution in [0.1, 0.15) is 30.7 Å². The van der Waals surface area contributed by atoms with Gasteiger partial charge in [0, 0.05) is 5.69 Å². The molecular formula is C8H14N4. The molecule has 0 atom stereocenters. The lowest BCUT2D eigenvalue weighted by Gasteiger charge is -1.93. The molecule has 0 saturated heterocycles. The molecule has 0 radical (unpaired) electrons. The van der Waals surface area contributed by atoms with Crippen LogP contribution in [0, 0.1) is 0 Å². The number of hydrazine groups is 1. The molecule has 4 heteroatoms. The summed E-state index contributed by atoms with van der Waals surface area (Å²) in [7, 11) is 0. The van der Waals surface area contributed by atoms with Gasteiger partial charge in [-0.1, -0.05) is 6.42 Å². The molecule has 12 heavy (non-hydrogen) atoms. The molecule has 0 aliphatic heterocycles. The number of anilines is 1. The number of hydrogen-bond acceptors (Lipinski definition) is 3. The Kier molecular flexibility index (Phi) is 1.99. The van der Waals surface area contributed by atoms with Gasteiger partial charge < -0.3 is 4.98 Å². The summed E-state index contributed by atoms with van der Waals surface area (Å²) in [5.74, 6) is 5.95. The van der Waals surface area contributed by atoms with Crippen LogP contribution in [0.3, 0.4) is 0 Å². The first-order valence-electron chi connectivity index (χ1n) is 4.44. The van der Waals surface area contributed by atoms with Crippen LogP contribution in [0.15, 0.2) is 0 Å². The SMILES string of the molecule is NNc1nc2c([nH]1)CCCCC2. The first-order valence-corrected chi connectivity index (χ1v) is 4.44. The normalized spacial score (nSPS) is 16.8. The highest BCUT2D eigenvalue weighted by molar-refractivity contribution is 5.30. The molecule has 0 aromatic carbocycles. The van der Waals surface area contributed by atoms with Gasteiger partial charge in [-0.3, -0.25) is 5.43 Å². The van der Waals surface area contributed by atoms with Gasteiger partial charge in [0.15, 0.2) is 0 Å². The van der Waals surface area contributed by atoms with E-state index in [1.807, 2.05) is 0 Å². The van der Waals surface area contributed by atoms with Gasteiger partial charge in [0.2, 0.25) is 5.95 Å². The van der Waals surface area contributed by atoms with E-state index in [-0.39, 0.29) is 0 Å². The zero-order chi connectivity index (χ0) is 8.39. The molecule has 1 heterocycles. The summed E-state index contributed by atoms with van der Waals surface area (Å²) >= 11 is 0. The number of imidazole rings is 1. The number of aromatic nitrogens is 2. The minimum atomic E-state index is 0.696. The first kappa shape index (κ1) is 7.61. The smallest absolute Gasteiger partial charge is 0.215 e. The zero-order valence-corrected chi connectivity index (χ0v) is 7.06. The Morgan fingerprint density at radius 3 is 2.92 bits per heavy atom. The second kappa shape index (κ2) is 3.15. The fraction of sp³-hybridized carbons (Fsp3) is 0.625. The number of aromatic amines is 1. The van der Waals surface area contributed by atoms with Crippen LogP contribution in [0.4, 0.5) is 5.95 Å². The van der Waals surface area contributed by atoms with Crippen LogP contribution in [0.5, 0.6) is 0 Å². The van der Waals surface area contributed by atoms with E-state index >= 15 is 0 Å². The van der Waals surface area contributed by atoms with Gasteiger partial charge in [-0.2, -0.15) is 0 Å². The highest BCUT2D eigenvalue weighted by atomic mass is 15.3. The van der Waals surface area contributed by atoms with Crippen molar-refractivity contribution in [1.29, 1.82) is 0 Å². The predicted molar refractivity (Wildman–Crippen MR) is 47.7 cm³/mol. The van der Waals surface area contributed by atoms with Crippen molar-refractivity contribution < 1.29 is 0 Å². The van der Waals surface area contributed by atoms with E-state index in [0.29, 0.717) is 5.95 Å². The molecule has 1 aliphatic rings. The van der Waals surface area contributed by atoms with E-state index < -0.39 is 0 Å². The van der Waals surface area contributed by atoms with Gasteiger partial charge in [0.1, 0.15) is 0 Å². The second-order valence-corrected chi connectivity index (χ2v) is 3.22. The average molecular weight is 166 g/mol. The maximum absolute atomic E-state index is 5.26. The highest BCUT2D eigenvalue weighted by Gasteiger charge is 2.11. The number of nitrogens with one attached hydrogen (secondary N) is 2. The Hall–Kier alpha value is -1.03. The molecule has 1 aliphatic carbocycles. The fourth-order valence-electron chi connectivity index (χ4n) is 1.70. The van der Waals surface area contributed by atoms with Crippen LogP contribution in [0.25, 0.3) is 0 Å². The summed E-state index contributed by atoms with van der Waals surface area (Å²) < 4.78 is 0. The minimum absolute atomic E-state index is 0.696. The first-order chi connectivity index (χ1) is 5.90. The van der Waals surface area contributed by atoms with Crippen molar-refractivity contribution in [2.75, 3.05) is 5.43 Å². The van der Waals surface area contributed by atoms with Gasteiger partial charge in [0.25, 0.3) is 0 Å². The molecule has 0 unspecified atom stereocenters. The van der Waals surface area contributed by atoms with E-state index in [1.165, 1.54) is 30.7 Å². The quantitative estimate of drug-likeness (QED) is 0.331. The zero-order valence-electron chi connectivity index (χ0n) is 7.06. The number of nitrogens with zero attached hydrogens (tertiary/aromatic N) is 1. The molecular weight excluding hydrogens is 152 g/mol. The summed E-state index contributed by atoms with van der Waals surface area (Å²) in [6, 6.07) is 0. The van der Waals surface area contributed by atoms with Crippen LogP contribution >= 0.6 is 0 Å². The summed E-state index contributed by atoms with van der Waals surface area (Å²) in [5, 5.41) is 0. The molecule has 4 nitrogen and oxygen atoms in total. The number of aryl methyl sites for hydroxylation is 2. The van der Waals surface area contributed by atoms with Gasteiger partial charge in [-0.05, 0) is 25.7 Å². The number of fused-ring (bicyclic) bond motifs is 1. The van der Waals surface area contributed by atoms with E-state index in [9.17, 15) is 0 Å². The lowest BCUT2D eigenvalue weighted by Crippen LogP contribution is -2.08. The van der Waals surface area contributed by atoms with Gasteiger partial charge in [-0.15, -0.1) is 0 Å². The fourth-order valence-corrected chi connectivity index (χ4v) is 1.70. The average Bonchev–Trinajstić information content (AvgIpc) is 2.37. The summed E-state index contributed by atoms with van der Waals surface area (Å²) in [4.78, 5) is 7.51. The third-order valence-electron chi connectivity index (χ3n) is 2.34. The third-order valence-corrected chi connectivity index (χ3v) is 2.34. The number of H-pyrrole nitrogens is 1. The largest absolute Gasteiger partial charge is 0.327 e. The molecule has 1 aromatic heterocycles. The van der Waals surface area contributed by atoms with Gasteiger partial charge in [-0.25, -0.2) is 10.8 Å². The minimum Gasteiger partial charge on any atom is -0.327 e. The molecule has 4 N–H and O–H groups in total. The monoisotopic (exact) mass is 166 g/mol. The summed E-state index contributed by atoms with van der Waals surface area (Å²) in [5.41, 5.74) is 5.00. The molecule has 1 aromatic rings. The van der Waals surface area contributed by atoms with E-state index in [4.69, 9.17) is 5.84 Å². The number of nitrogens with two attached hydrogens (primary N) is 1. The highest BCUT2D eigenvalue weighted by Crippen LogP contribution is 2.19. The molecule has 66 valence electrons. The van der Waals surface area contributed by atoms with Crippen molar-refractivity contribution in [2.24, 2.45) is 5.84 Å². The lowest BCUT2D eigenvalue weighted by atomic mass is 10.2. The molecule has 0 fully saturated rings. The van der Waals surface area contributed by atoms with Crippen molar-refractivity contribution >= 4 is 5.95 Å². The number of nitrogen functional groups attached to an aromatic ring is 1. The second-order valence-electron chi connectivity index (χ2n) is 3.22. The Labute approximate surface area is 71.5 Å². The summed E-state index contributed by atoms with van der Waals surface area (Å²) in [6.07, 6.45) is 6.04. The number of hydrogen-bond donors (Lipinski definition) is 3. The molecule has 2 rings (SSSR count). The molecule has 0 amide bonds. The predicted octanol–water partition coefficient (Wildman–Crippen LogP) is 0.964. The molecule has 0 spiro atoms. The Balaban J connectivity index is 2.26. The van der Waals surface area contributed by atoms with Crippen molar-refractivity contribution in [3.05, 3.63) is 11.4 Å². The van der Waals surface area contributed by atoms with E-state index in [1.54, 1.807) is 0 Å². The maximum Gasteiger partial charge on any atom is 0.215 e. The van der Waals surface area contributed by atoms with Crippen molar-refractivity contribution in [2.45, 2.75) is 32.1 Å². The van der Waals surface area contributed by atoms with Gasteiger partial charge in [0.05, 0.1) is 5.69 Å². The Morgan fingerprint density at radius 1 is 1.25 bits per heavy atom. The van der Waals surface area contributed by atoms with Crippen LogP contribution < -0.4 is 11.3 Å². The summed E-state index contributed by atoms with van der Waals surface area (Å²) in [6.45, 7) is 0. The van der Waals surface area contributed by atoms with Crippen LogP contribution in [-0.2, 0) is 12.8 Å². The number of rotatable bonds is 1. The standard InChI is InChI=1S/C8H14N4/c9-12-8-10-6-4-2-1-3-5-7(6)11-8/h1-5,9H2,(H2,10,11,12). The van der Waals surface area contributed by atoms with Crippen LogP contribution in [0.2, 0.25) is 0 Å². The van der Waals surface area contributed by atoms with Gasteiger partial charge >= 0.3 is 0 Å². The lowest BCUT2D eigenvalue weighted by molar-refractivity contribution is 0.703. The van der Waals surface area contributed by atoms with Crippen LogP contribution in [-0.4, -0.2) is 9.97 Å². The maximum atomic E-state index is 5.26.